The van der Waals surface area contributed by atoms with Crippen molar-refractivity contribution in [2.24, 2.45) is 0 Å². The van der Waals surface area contributed by atoms with Crippen LogP contribution in [-0.2, 0) is 0 Å². The normalized spacial score (nSPS) is 19.8. The predicted octanol–water partition coefficient (Wildman–Crippen LogP) is 5.45. The molecule has 0 radical (unpaired) electrons. The monoisotopic (exact) mass is 418 g/mol. The fourth-order valence-corrected chi connectivity index (χ4v) is 4.80. The number of hydrogen-bond acceptors (Lipinski definition) is 3. The minimum Gasteiger partial charge on any atom is -0.367 e. The van der Waals surface area contributed by atoms with Gasteiger partial charge in [0.1, 0.15) is 11.4 Å². The van der Waals surface area contributed by atoms with Gasteiger partial charge in [-0.2, -0.15) is 0 Å². The number of halogens is 4. The van der Waals surface area contributed by atoms with Gasteiger partial charge >= 0.3 is 0 Å². The SMILES string of the molecule is Fc1c(F)c(N2CCCC2c2ccc3nc[nH]c3c2)c(F)c(F)c1N1CCCCC1. The molecule has 2 aromatic carbocycles. The number of hydrogen-bond donors (Lipinski definition) is 1. The second kappa shape index (κ2) is 7.49. The average molecular weight is 418 g/mol. The highest BCUT2D eigenvalue weighted by Gasteiger charge is 2.36. The van der Waals surface area contributed by atoms with Gasteiger partial charge in [0.2, 0.25) is 0 Å². The van der Waals surface area contributed by atoms with E-state index in [2.05, 4.69) is 9.97 Å². The Labute approximate surface area is 171 Å². The van der Waals surface area contributed by atoms with Crippen molar-refractivity contribution in [2.45, 2.75) is 38.1 Å². The van der Waals surface area contributed by atoms with E-state index < -0.39 is 34.6 Å². The Balaban J connectivity index is 1.57. The lowest BCUT2D eigenvalue weighted by atomic mass is 10.0. The maximum Gasteiger partial charge on any atom is 0.187 e. The fourth-order valence-electron chi connectivity index (χ4n) is 4.80. The number of nitrogens with zero attached hydrogens (tertiary/aromatic N) is 3. The quantitative estimate of drug-likeness (QED) is 0.454. The first-order valence-electron chi connectivity index (χ1n) is 10.4. The smallest absolute Gasteiger partial charge is 0.187 e. The molecule has 0 bridgehead atoms. The van der Waals surface area contributed by atoms with Crippen molar-refractivity contribution in [1.29, 1.82) is 0 Å². The third-order valence-corrected chi connectivity index (χ3v) is 6.26. The summed E-state index contributed by atoms with van der Waals surface area (Å²) >= 11 is 0. The van der Waals surface area contributed by atoms with Gasteiger partial charge in [0.05, 0.1) is 23.4 Å². The molecule has 0 spiro atoms. The van der Waals surface area contributed by atoms with Crippen molar-refractivity contribution >= 4 is 22.4 Å². The lowest BCUT2D eigenvalue weighted by Crippen LogP contribution is -2.33. The van der Waals surface area contributed by atoms with Crippen LogP contribution in [0.5, 0.6) is 0 Å². The fraction of sp³-hybridized carbons (Fsp3) is 0.409. The molecule has 0 saturated carbocycles. The molecule has 1 aromatic heterocycles. The summed E-state index contributed by atoms with van der Waals surface area (Å²) in [5.74, 6) is -5.24. The van der Waals surface area contributed by atoms with E-state index in [0.29, 0.717) is 32.5 Å². The molecule has 1 unspecified atom stereocenters. The second-order valence-electron chi connectivity index (χ2n) is 8.03. The van der Waals surface area contributed by atoms with E-state index in [1.54, 1.807) is 6.33 Å². The van der Waals surface area contributed by atoms with Gasteiger partial charge in [-0.1, -0.05) is 6.07 Å². The van der Waals surface area contributed by atoms with Gasteiger partial charge in [-0.05, 0) is 49.8 Å². The molecular weight excluding hydrogens is 396 g/mol. The van der Waals surface area contributed by atoms with Crippen molar-refractivity contribution in [3.05, 3.63) is 53.4 Å². The maximum absolute atomic E-state index is 15.1. The van der Waals surface area contributed by atoms with Crippen molar-refractivity contribution in [3.63, 3.8) is 0 Å². The number of piperidine rings is 1. The van der Waals surface area contributed by atoms with Crippen molar-refractivity contribution < 1.29 is 17.6 Å². The highest BCUT2D eigenvalue weighted by atomic mass is 19.2. The molecule has 3 heterocycles. The molecule has 2 aliphatic rings. The topological polar surface area (TPSA) is 35.2 Å². The summed E-state index contributed by atoms with van der Waals surface area (Å²) in [6.07, 6.45) is 5.31. The number of anilines is 2. The predicted molar refractivity (Wildman–Crippen MR) is 108 cm³/mol. The van der Waals surface area contributed by atoms with Gasteiger partial charge in [-0.15, -0.1) is 0 Å². The third kappa shape index (κ3) is 3.00. The van der Waals surface area contributed by atoms with Crippen molar-refractivity contribution in [1.82, 2.24) is 9.97 Å². The van der Waals surface area contributed by atoms with E-state index >= 15 is 8.78 Å². The van der Waals surface area contributed by atoms with Crippen LogP contribution in [0.15, 0.2) is 24.5 Å². The van der Waals surface area contributed by atoms with Crippen LogP contribution in [0.25, 0.3) is 11.0 Å². The minimum atomic E-state index is -1.32. The number of nitrogens with one attached hydrogen (secondary N) is 1. The summed E-state index contributed by atoms with van der Waals surface area (Å²) < 4.78 is 60.2. The van der Waals surface area contributed by atoms with Crippen LogP contribution in [0.3, 0.4) is 0 Å². The lowest BCUT2D eigenvalue weighted by Gasteiger charge is -2.32. The summed E-state index contributed by atoms with van der Waals surface area (Å²) in [6, 6.07) is 5.17. The maximum atomic E-state index is 15.1. The first kappa shape index (κ1) is 19.2. The first-order valence-corrected chi connectivity index (χ1v) is 10.4. The summed E-state index contributed by atoms with van der Waals surface area (Å²) in [5.41, 5.74) is 1.21. The average Bonchev–Trinajstić information content (AvgIpc) is 3.42. The molecule has 3 aromatic rings. The standard InChI is InChI=1S/C22H22F4N4/c23-17-19(25)22(20(26)18(24)21(17)29-8-2-1-3-9-29)30-10-4-5-16(30)13-6-7-14-15(11-13)28-12-27-14/h6-7,11-12,16H,1-5,8-10H2,(H,27,28). The van der Waals surface area contributed by atoms with Crippen LogP contribution in [0, 0.1) is 23.3 Å². The number of benzene rings is 2. The third-order valence-electron chi connectivity index (χ3n) is 6.26. The lowest BCUT2D eigenvalue weighted by molar-refractivity contribution is 0.441. The number of aromatic nitrogens is 2. The summed E-state index contributed by atoms with van der Waals surface area (Å²) in [6.45, 7) is 1.10. The number of fused-ring (bicyclic) bond motifs is 1. The first-order chi connectivity index (χ1) is 14.6. The van der Waals surface area contributed by atoms with Gasteiger partial charge in [0.25, 0.3) is 0 Å². The molecule has 30 heavy (non-hydrogen) atoms. The van der Waals surface area contributed by atoms with Crippen LogP contribution in [0.4, 0.5) is 28.9 Å². The van der Waals surface area contributed by atoms with Crippen molar-refractivity contribution in [3.8, 4) is 0 Å². The molecule has 2 saturated heterocycles. The Morgan fingerprint density at radius 3 is 2.27 bits per heavy atom. The molecule has 8 heteroatoms. The van der Waals surface area contributed by atoms with Crippen LogP contribution < -0.4 is 9.80 Å². The van der Waals surface area contributed by atoms with Crippen LogP contribution in [0.2, 0.25) is 0 Å². The summed E-state index contributed by atoms with van der Waals surface area (Å²) in [5, 5.41) is 0. The molecule has 2 fully saturated rings. The molecule has 1 N–H and O–H groups in total. The number of aromatic amines is 1. The zero-order valence-electron chi connectivity index (χ0n) is 16.4. The van der Waals surface area contributed by atoms with Gasteiger partial charge in [0, 0.05) is 19.6 Å². The minimum absolute atomic E-state index is 0.321. The zero-order chi connectivity index (χ0) is 20.8. The Hall–Kier alpha value is -2.77. The number of imidazole rings is 1. The molecule has 5 rings (SSSR count). The zero-order valence-corrected chi connectivity index (χ0v) is 16.4. The highest BCUT2D eigenvalue weighted by molar-refractivity contribution is 5.75. The number of rotatable bonds is 3. The molecule has 158 valence electrons. The Morgan fingerprint density at radius 2 is 1.53 bits per heavy atom. The molecular formula is C22H22F4N4. The van der Waals surface area contributed by atoms with Gasteiger partial charge in [-0.25, -0.2) is 22.5 Å². The van der Waals surface area contributed by atoms with Gasteiger partial charge in [0.15, 0.2) is 23.3 Å². The Kier molecular flexibility index (Phi) is 4.79. The van der Waals surface area contributed by atoms with Crippen LogP contribution in [0.1, 0.15) is 43.7 Å². The largest absolute Gasteiger partial charge is 0.367 e. The highest BCUT2D eigenvalue weighted by Crippen LogP contribution is 2.43. The molecule has 1 atom stereocenters. The van der Waals surface area contributed by atoms with Crippen LogP contribution >= 0.6 is 0 Å². The van der Waals surface area contributed by atoms with E-state index in [1.165, 1.54) is 9.80 Å². The van der Waals surface area contributed by atoms with Gasteiger partial charge < -0.3 is 14.8 Å². The van der Waals surface area contributed by atoms with E-state index in [0.717, 1.165) is 35.9 Å². The van der Waals surface area contributed by atoms with E-state index in [-0.39, 0.29) is 6.04 Å². The van der Waals surface area contributed by atoms with Crippen LogP contribution in [-0.4, -0.2) is 29.6 Å². The molecule has 2 aliphatic heterocycles. The van der Waals surface area contributed by atoms with Crippen molar-refractivity contribution in [2.75, 3.05) is 29.4 Å². The number of H-pyrrole nitrogens is 1. The van der Waals surface area contributed by atoms with Gasteiger partial charge in [-0.3, -0.25) is 0 Å². The van der Waals surface area contributed by atoms with E-state index in [1.807, 2.05) is 18.2 Å². The summed E-state index contributed by atoms with van der Waals surface area (Å²) in [4.78, 5) is 10.1. The summed E-state index contributed by atoms with van der Waals surface area (Å²) in [7, 11) is 0. The second-order valence-corrected chi connectivity index (χ2v) is 8.03. The molecule has 0 aliphatic carbocycles. The van der Waals surface area contributed by atoms with E-state index in [4.69, 9.17) is 0 Å². The Bertz CT molecular complexity index is 1060. The molecule has 0 amide bonds. The Morgan fingerprint density at radius 1 is 0.833 bits per heavy atom. The molecule has 4 nitrogen and oxygen atoms in total. The van der Waals surface area contributed by atoms with E-state index in [9.17, 15) is 8.78 Å².